The van der Waals surface area contributed by atoms with Gasteiger partial charge < -0.3 is 9.64 Å². The van der Waals surface area contributed by atoms with Crippen LogP contribution in [0.1, 0.15) is 31.0 Å². The summed E-state index contributed by atoms with van der Waals surface area (Å²) >= 11 is 0. The fraction of sp³-hybridized carbons (Fsp3) is 0.286. The Balaban J connectivity index is 1.63. The Labute approximate surface area is 159 Å². The molecule has 6 heteroatoms. The van der Waals surface area contributed by atoms with Crippen LogP contribution in [0.4, 0.5) is 0 Å². The van der Waals surface area contributed by atoms with Crippen LogP contribution < -0.4 is 4.74 Å². The lowest BCUT2D eigenvalue weighted by atomic mass is 10.1. The maximum atomic E-state index is 12.7. The third kappa shape index (κ3) is 4.53. The molecule has 3 rings (SSSR count). The van der Waals surface area contributed by atoms with Gasteiger partial charge in [-0.05, 0) is 49.2 Å². The highest BCUT2D eigenvalue weighted by Gasteiger charge is 2.18. The summed E-state index contributed by atoms with van der Waals surface area (Å²) < 4.78 is 7.14. The molecule has 1 amide bonds. The highest BCUT2D eigenvalue weighted by molar-refractivity contribution is 5.79. The molecular weight excluding hydrogens is 340 g/mol. The molecule has 1 heterocycles. The molecule has 6 nitrogen and oxygen atoms in total. The van der Waals surface area contributed by atoms with Gasteiger partial charge in [-0.1, -0.05) is 24.3 Å². The van der Waals surface area contributed by atoms with E-state index < -0.39 is 0 Å². The van der Waals surface area contributed by atoms with Crippen LogP contribution in [0.3, 0.4) is 0 Å². The van der Waals surface area contributed by atoms with E-state index in [0.29, 0.717) is 13.0 Å². The Bertz CT molecular complexity index is 858. The van der Waals surface area contributed by atoms with Gasteiger partial charge in [0.05, 0.1) is 24.8 Å². The lowest BCUT2D eigenvalue weighted by molar-refractivity contribution is -0.131. The minimum atomic E-state index is -0.0232. The van der Waals surface area contributed by atoms with Crippen LogP contribution in [-0.2, 0) is 11.2 Å². The largest absolute Gasteiger partial charge is 0.494 e. The number of amides is 1. The molecule has 0 N–H and O–H groups in total. The van der Waals surface area contributed by atoms with E-state index in [1.54, 1.807) is 15.9 Å². The SMILES string of the molecule is CCOc1ccc(CC(=O)N(C)[C@H](C)c2ccc(-n3cncn3)cc2)cc1. The first-order valence-electron chi connectivity index (χ1n) is 9.01. The van der Waals surface area contributed by atoms with Gasteiger partial charge in [0, 0.05) is 7.05 Å². The molecule has 0 radical (unpaired) electrons. The minimum Gasteiger partial charge on any atom is -0.494 e. The summed E-state index contributed by atoms with van der Waals surface area (Å²) in [6.45, 7) is 4.61. The lowest BCUT2D eigenvalue weighted by Gasteiger charge is -2.25. The number of carbonyl (C=O) groups is 1. The predicted molar refractivity (Wildman–Crippen MR) is 104 cm³/mol. The van der Waals surface area contributed by atoms with Crippen LogP contribution in [0.2, 0.25) is 0 Å². The number of aromatic nitrogens is 3. The Morgan fingerprint density at radius 3 is 2.44 bits per heavy atom. The number of likely N-dealkylation sites (N-methyl/N-ethyl adjacent to an activating group) is 1. The van der Waals surface area contributed by atoms with Gasteiger partial charge >= 0.3 is 0 Å². The summed E-state index contributed by atoms with van der Waals surface area (Å²) in [4.78, 5) is 18.4. The lowest BCUT2D eigenvalue weighted by Crippen LogP contribution is -2.30. The standard InChI is InChI=1S/C21H24N4O2/c1-4-27-20-11-5-17(6-12-20)13-21(26)24(3)16(2)18-7-9-19(10-8-18)25-15-22-14-23-25/h5-12,14-16H,4,13H2,1-3H3/t16-/m1/s1. The number of nitrogens with zero attached hydrogens (tertiary/aromatic N) is 4. The number of ether oxygens (including phenoxy) is 1. The maximum Gasteiger partial charge on any atom is 0.227 e. The Hall–Kier alpha value is -3.15. The van der Waals surface area contributed by atoms with Crippen molar-refractivity contribution in [3.63, 3.8) is 0 Å². The van der Waals surface area contributed by atoms with E-state index >= 15 is 0 Å². The van der Waals surface area contributed by atoms with Crippen molar-refractivity contribution in [2.75, 3.05) is 13.7 Å². The quantitative estimate of drug-likeness (QED) is 0.644. The monoisotopic (exact) mass is 364 g/mol. The van der Waals surface area contributed by atoms with Crippen LogP contribution >= 0.6 is 0 Å². The number of hydrogen-bond acceptors (Lipinski definition) is 4. The molecule has 1 atom stereocenters. The van der Waals surface area contributed by atoms with E-state index in [-0.39, 0.29) is 11.9 Å². The van der Waals surface area contributed by atoms with Crippen LogP contribution in [0.25, 0.3) is 5.69 Å². The first kappa shape index (κ1) is 18.6. The van der Waals surface area contributed by atoms with E-state index in [4.69, 9.17) is 4.74 Å². The van der Waals surface area contributed by atoms with Crippen molar-refractivity contribution in [3.05, 3.63) is 72.3 Å². The summed E-state index contributed by atoms with van der Waals surface area (Å²) in [6, 6.07) is 15.6. The Morgan fingerprint density at radius 1 is 1.15 bits per heavy atom. The van der Waals surface area contributed by atoms with Gasteiger partial charge in [0.25, 0.3) is 0 Å². The summed E-state index contributed by atoms with van der Waals surface area (Å²) in [6.07, 6.45) is 3.53. The second kappa shape index (κ2) is 8.49. The van der Waals surface area contributed by atoms with Gasteiger partial charge in [-0.2, -0.15) is 5.10 Å². The van der Waals surface area contributed by atoms with E-state index in [1.807, 2.05) is 69.4 Å². The molecule has 0 saturated carbocycles. The van der Waals surface area contributed by atoms with Crippen molar-refractivity contribution < 1.29 is 9.53 Å². The number of hydrogen-bond donors (Lipinski definition) is 0. The first-order valence-corrected chi connectivity index (χ1v) is 9.01. The molecule has 3 aromatic rings. The molecule has 1 aromatic heterocycles. The second-order valence-corrected chi connectivity index (χ2v) is 6.37. The molecule has 2 aromatic carbocycles. The van der Waals surface area contributed by atoms with E-state index in [1.165, 1.54) is 6.33 Å². The fourth-order valence-corrected chi connectivity index (χ4v) is 2.86. The highest BCUT2D eigenvalue weighted by atomic mass is 16.5. The van der Waals surface area contributed by atoms with Gasteiger partial charge in [0.2, 0.25) is 5.91 Å². The molecular formula is C21H24N4O2. The average molecular weight is 364 g/mol. The summed E-state index contributed by atoms with van der Waals surface area (Å²) in [7, 11) is 1.84. The maximum absolute atomic E-state index is 12.7. The molecule has 0 aliphatic rings. The van der Waals surface area contributed by atoms with E-state index in [0.717, 1.165) is 22.6 Å². The fourth-order valence-electron chi connectivity index (χ4n) is 2.86. The molecule has 0 aliphatic carbocycles. The van der Waals surface area contributed by atoms with Crippen molar-refractivity contribution in [2.24, 2.45) is 0 Å². The second-order valence-electron chi connectivity index (χ2n) is 6.37. The van der Waals surface area contributed by atoms with E-state index in [2.05, 4.69) is 10.1 Å². The molecule has 140 valence electrons. The van der Waals surface area contributed by atoms with Crippen LogP contribution in [0.5, 0.6) is 5.75 Å². The number of carbonyl (C=O) groups excluding carboxylic acids is 1. The zero-order valence-electron chi connectivity index (χ0n) is 15.9. The number of rotatable bonds is 7. The zero-order valence-corrected chi connectivity index (χ0v) is 15.9. The molecule has 0 fully saturated rings. The number of benzene rings is 2. The van der Waals surface area contributed by atoms with Crippen molar-refractivity contribution in [2.45, 2.75) is 26.3 Å². The highest BCUT2D eigenvalue weighted by Crippen LogP contribution is 2.21. The third-order valence-corrected chi connectivity index (χ3v) is 4.62. The normalized spacial score (nSPS) is 11.8. The topological polar surface area (TPSA) is 60.2 Å². The van der Waals surface area contributed by atoms with Gasteiger partial charge in [0.15, 0.2) is 0 Å². The minimum absolute atomic E-state index is 0.0232. The van der Waals surface area contributed by atoms with Crippen molar-refractivity contribution in [1.29, 1.82) is 0 Å². The summed E-state index contributed by atoms with van der Waals surface area (Å²) in [5.74, 6) is 0.898. The molecule has 0 bridgehead atoms. The van der Waals surface area contributed by atoms with Gasteiger partial charge in [0.1, 0.15) is 18.4 Å². The van der Waals surface area contributed by atoms with Gasteiger partial charge in [-0.15, -0.1) is 0 Å². The van der Waals surface area contributed by atoms with Gasteiger partial charge in [-0.25, -0.2) is 9.67 Å². The summed E-state index contributed by atoms with van der Waals surface area (Å²) in [5, 5.41) is 4.12. The van der Waals surface area contributed by atoms with E-state index in [9.17, 15) is 4.79 Å². The van der Waals surface area contributed by atoms with Crippen LogP contribution in [0.15, 0.2) is 61.2 Å². The zero-order chi connectivity index (χ0) is 19.2. The summed E-state index contributed by atoms with van der Waals surface area (Å²) in [5.41, 5.74) is 2.98. The average Bonchev–Trinajstić information content (AvgIpc) is 3.23. The van der Waals surface area contributed by atoms with Crippen molar-refractivity contribution >= 4 is 5.91 Å². The Kier molecular flexibility index (Phi) is 5.86. The molecule has 0 saturated heterocycles. The smallest absolute Gasteiger partial charge is 0.227 e. The first-order chi connectivity index (χ1) is 13.1. The predicted octanol–water partition coefficient (Wildman–Crippen LogP) is 3.43. The molecule has 0 spiro atoms. The molecule has 27 heavy (non-hydrogen) atoms. The van der Waals surface area contributed by atoms with Gasteiger partial charge in [-0.3, -0.25) is 4.79 Å². The Morgan fingerprint density at radius 2 is 1.85 bits per heavy atom. The van der Waals surface area contributed by atoms with Crippen LogP contribution in [0, 0.1) is 0 Å². The third-order valence-electron chi connectivity index (χ3n) is 4.62. The van der Waals surface area contributed by atoms with Crippen LogP contribution in [-0.4, -0.2) is 39.2 Å². The molecule has 0 aliphatic heterocycles. The van der Waals surface area contributed by atoms with Crippen molar-refractivity contribution in [3.8, 4) is 11.4 Å². The molecule has 0 unspecified atom stereocenters. The van der Waals surface area contributed by atoms with Crippen molar-refractivity contribution in [1.82, 2.24) is 19.7 Å².